The maximum absolute atomic E-state index is 14.0. The van der Waals surface area contributed by atoms with Crippen molar-refractivity contribution in [2.75, 3.05) is 29.6 Å². The molecule has 1 aromatic carbocycles. The van der Waals surface area contributed by atoms with Gasteiger partial charge in [-0.2, -0.15) is 22.0 Å². The quantitative estimate of drug-likeness (QED) is 0.610. The van der Waals surface area contributed by atoms with Crippen LogP contribution in [0.5, 0.6) is 0 Å². The van der Waals surface area contributed by atoms with Gasteiger partial charge in [0.2, 0.25) is 0 Å². The second-order valence-corrected chi connectivity index (χ2v) is 9.84. The van der Waals surface area contributed by atoms with Gasteiger partial charge in [-0.05, 0) is 37.1 Å². The van der Waals surface area contributed by atoms with Crippen molar-refractivity contribution >= 4 is 27.2 Å². The fraction of sp³-hybridized carbons (Fsp3) is 0.429. The summed E-state index contributed by atoms with van der Waals surface area (Å²) in [5.74, 6) is -6.19. The Morgan fingerprint density at radius 1 is 1.03 bits per heavy atom. The molecule has 1 amide bonds. The minimum atomic E-state index is -5.86. The predicted molar refractivity (Wildman–Crippen MR) is 112 cm³/mol. The third-order valence-electron chi connectivity index (χ3n) is 5.26. The van der Waals surface area contributed by atoms with E-state index in [9.17, 15) is 35.2 Å². The van der Waals surface area contributed by atoms with E-state index >= 15 is 0 Å². The van der Waals surface area contributed by atoms with Crippen LogP contribution in [-0.4, -0.2) is 44.8 Å². The van der Waals surface area contributed by atoms with Crippen LogP contribution in [0.25, 0.3) is 0 Å². The Labute approximate surface area is 187 Å². The zero-order valence-electron chi connectivity index (χ0n) is 17.6. The molecule has 1 aliphatic rings. The molecule has 3 rings (SSSR count). The summed E-state index contributed by atoms with van der Waals surface area (Å²) in [6.07, 6.45) is -1.12. The molecule has 1 saturated heterocycles. The molecule has 2 heterocycles. The minimum absolute atomic E-state index is 0.00427. The zero-order valence-corrected chi connectivity index (χ0v) is 18.4. The molecule has 180 valence electrons. The molecule has 0 atom stereocenters. The van der Waals surface area contributed by atoms with Gasteiger partial charge < -0.3 is 10.2 Å². The SMILES string of the molecule is CS(=O)(=O)c1cccc(NC(=O)c2cc(C(F)(F)C(F)(F)F)cnc2N2CCCCCC2)c1. The summed E-state index contributed by atoms with van der Waals surface area (Å²) >= 11 is 0. The molecule has 0 saturated carbocycles. The number of rotatable bonds is 5. The molecular weight excluding hydrogens is 469 g/mol. The molecule has 0 unspecified atom stereocenters. The number of alkyl halides is 5. The fourth-order valence-corrected chi connectivity index (χ4v) is 4.16. The molecule has 0 aliphatic carbocycles. The monoisotopic (exact) mass is 491 g/mol. The standard InChI is InChI=1S/C21H22F5N3O3S/c1-33(31,32)16-8-6-7-15(12-16)28-19(30)17-11-14(20(22,23)21(24,25)26)13-27-18(17)29-9-4-2-3-5-10-29/h6-8,11-13H,2-5,9-10H2,1H3,(H,28,30). The first kappa shape index (κ1) is 24.9. The smallest absolute Gasteiger partial charge is 0.356 e. The van der Waals surface area contributed by atoms with Crippen molar-refractivity contribution < 1.29 is 35.2 Å². The van der Waals surface area contributed by atoms with Crippen LogP contribution in [0, 0.1) is 0 Å². The molecule has 6 nitrogen and oxygen atoms in total. The number of pyridine rings is 1. The van der Waals surface area contributed by atoms with Crippen LogP contribution in [0.3, 0.4) is 0 Å². The van der Waals surface area contributed by atoms with Crippen LogP contribution < -0.4 is 10.2 Å². The Morgan fingerprint density at radius 3 is 2.24 bits per heavy atom. The van der Waals surface area contributed by atoms with Gasteiger partial charge in [0, 0.05) is 36.8 Å². The first-order valence-electron chi connectivity index (χ1n) is 10.1. The van der Waals surface area contributed by atoms with E-state index < -0.39 is 39.0 Å². The number of hydrogen-bond acceptors (Lipinski definition) is 5. The van der Waals surface area contributed by atoms with Crippen molar-refractivity contribution in [3.05, 3.63) is 47.7 Å². The van der Waals surface area contributed by atoms with E-state index in [1.807, 2.05) is 0 Å². The van der Waals surface area contributed by atoms with Gasteiger partial charge in [0.1, 0.15) is 5.82 Å². The molecule has 2 aromatic rings. The second kappa shape index (κ2) is 9.24. The zero-order chi connectivity index (χ0) is 24.4. The van der Waals surface area contributed by atoms with E-state index in [0.29, 0.717) is 25.4 Å². The Kier molecular flexibility index (Phi) is 6.96. The number of anilines is 2. The van der Waals surface area contributed by atoms with E-state index in [-0.39, 0.29) is 16.4 Å². The first-order valence-corrected chi connectivity index (χ1v) is 12.0. The van der Waals surface area contributed by atoms with Crippen LogP contribution in [-0.2, 0) is 15.8 Å². The van der Waals surface area contributed by atoms with Crippen LogP contribution in [0.2, 0.25) is 0 Å². The van der Waals surface area contributed by atoms with Gasteiger partial charge >= 0.3 is 12.1 Å². The van der Waals surface area contributed by atoms with Gasteiger partial charge in [0.15, 0.2) is 9.84 Å². The summed E-state index contributed by atoms with van der Waals surface area (Å²) < 4.78 is 90.2. The maximum atomic E-state index is 14.0. The lowest BCUT2D eigenvalue weighted by molar-refractivity contribution is -0.289. The number of carbonyl (C=O) groups is 1. The van der Waals surface area contributed by atoms with E-state index in [4.69, 9.17) is 0 Å². The van der Waals surface area contributed by atoms with Gasteiger partial charge in [-0.3, -0.25) is 4.79 Å². The topological polar surface area (TPSA) is 79.4 Å². The Bertz CT molecular complexity index is 1130. The molecule has 1 aromatic heterocycles. The van der Waals surface area contributed by atoms with Crippen molar-refractivity contribution in [3.63, 3.8) is 0 Å². The van der Waals surface area contributed by atoms with E-state index in [1.54, 1.807) is 4.90 Å². The molecule has 0 bridgehead atoms. The molecule has 0 spiro atoms. The Morgan fingerprint density at radius 2 is 1.67 bits per heavy atom. The largest absolute Gasteiger partial charge is 0.458 e. The normalized spacial score (nSPS) is 15.8. The van der Waals surface area contributed by atoms with Gasteiger partial charge in [-0.1, -0.05) is 18.9 Å². The number of halogens is 5. The first-order chi connectivity index (χ1) is 15.3. The number of benzene rings is 1. The second-order valence-electron chi connectivity index (χ2n) is 7.82. The highest BCUT2D eigenvalue weighted by molar-refractivity contribution is 7.90. The summed E-state index contributed by atoms with van der Waals surface area (Å²) in [7, 11) is -3.59. The Hall–Kier alpha value is -2.76. The lowest BCUT2D eigenvalue weighted by Gasteiger charge is -2.26. The number of nitrogens with zero attached hydrogens (tertiary/aromatic N) is 2. The number of nitrogens with one attached hydrogen (secondary N) is 1. The molecule has 12 heteroatoms. The summed E-state index contributed by atoms with van der Waals surface area (Å²) in [6.45, 7) is 0.928. The molecule has 0 radical (unpaired) electrons. The van der Waals surface area contributed by atoms with Crippen LogP contribution in [0.15, 0.2) is 41.4 Å². The lowest BCUT2D eigenvalue weighted by Crippen LogP contribution is -2.35. The number of hydrogen-bond donors (Lipinski definition) is 1. The summed E-state index contributed by atoms with van der Waals surface area (Å²) in [4.78, 5) is 18.4. The average Bonchev–Trinajstić information content (AvgIpc) is 3.01. The maximum Gasteiger partial charge on any atom is 0.458 e. The molecule has 1 N–H and O–H groups in total. The number of sulfone groups is 1. The van der Waals surface area contributed by atoms with Gasteiger partial charge in [0.25, 0.3) is 5.91 Å². The minimum Gasteiger partial charge on any atom is -0.356 e. The third-order valence-corrected chi connectivity index (χ3v) is 6.37. The van der Waals surface area contributed by atoms with Crippen molar-refractivity contribution in [2.24, 2.45) is 0 Å². The molecule has 33 heavy (non-hydrogen) atoms. The van der Waals surface area contributed by atoms with Crippen LogP contribution in [0.4, 0.5) is 33.5 Å². The van der Waals surface area contributed by atoms with E-state index in [0.717, 1.165) is 31.9 Å². The average molecular weight is 491 g/mol. The van der Waals surface area contributed by atoms with Gasteiger partial charge in [-0.15, -0.1) is 0 Å². The molecule has 1 fully saturated rings. The highest BCUT2D eigenvalue weighted by Gasteiger charge is 2.59. The summed E-state index contributed by atoms with van der Waals surface area (Å²) in [5, 5.41) is 2.39. The van der Waals surface area contributed by atoms with Gasteiger partial charge in [-0.25, -0.2) is 13.4 Å². The van der Waals surface area contributed by atoms with Crippen LogP contribution >= 0.6 is 0 Å². The van der Waals surface area contributed by atoms with Crippen LogP contribution in [0.1, 0.15) is 41.6 Å². The molecular formula is C21H22F5N3O3S. The Balaban J connectivity index is 2.04. The van der Waals surface area contributed by atoms with Crippen molar-refractivity contribution in [2.45, 2.75) is 42.7 Å². The van der Waals surface area contributed by atoms with Crippen molar-refractivity contribution in [1.29, 1.82) is 0 Å². The van der Waals surface area contributed by atoms with Gasteiger partial charge in [0.05, 0.1) is 10.5 Å². The highest BCUT2D eigenvalue weighted by atomic mass is 32.2. The van der Waals surface area contributed by atoms with Crippen molar-refractivity contribution in [3.8, 4) is 0 Å². The number of amides is 1. The fourth-order valence-electron chi connectivity index (χ4n) is 3.50. The predicted octanol–water partition coefficient (Wildman–Crippen LogP) is 4.77. The molecule has 1 aliphatic heterocycles. The number of carbonyl (C=O) groups excluding carboxylic acids is 1. The third kappa shape index (κ3) is 5.60. The van der Waals surface area contributed by atoms with E-state index in [1.165, 1.54) is 24.3 Å². The summed E-state index contributed by atoms with van der Waals surface area (Å²) in [6, 6.07) is 5.71. The lowest BCUT2D eigenvalue weighted by atomic mass is 10.1. The number of aromatic nitrogens is 1. The highest BCUT2D eigenvalue weighted by Crippen LogP contribution is 2.44. The van der Waals surface area contributed by atoms with E-state index in [2.05, 4.69) is 10.3 Å². The van der Waals surface area contributed by atoms with Crippen molar-refractivity contribution in [1.82, 2.24) is 4.98 Å². The summed E-state index contributed by atoms with van der Waals surface area (Å²) in [5.41, 5.74) is -1.87.